The van der Waals surface area contributed by atoms with Crippen molar-refractivity contribution in [3.63, 3.8) is 0 Å². The molecule has 0 fully saturated rings. The van der Waals surface area contributed by atoms with Crippen molar-refractivity contribution >= 4 is 19.5 Å². The molecule has 0 atom stereocenters. The minimum absolute atomic E-state index is 0. The predicted octanol–water partition coefficient (Wildman–Crippen LogP) is 16.4. The molecule has 0 bridgehead atoms. The third-order valence-electron chi connectivity index (χ3n) is 10.5. The van der Waals surface area contributed by atoms with Crippen LogP contribution in [0.15, 0.2) is 72.8 Å². The Labute approximate surface area is 379 Å². The van der Waals surface area contributed by atoms with Gasteiger partial charge in [0.05, 0.1) is 0 Å². The summed E-state index contributed by atoms with van der Waals surface area (Å²) in [5.74, 6) is -95.7. The molecule has 0 amide bonds. The van der Waals surface area contributed by atoms with E-state index in [1.54, 1.807) is 0 Å². The maximum absolute atomic E-state index is 15.2. The van der Waals surface area contributed by atoms with Crippen LogP contribution in [0.3, 0.4) is 0 Å². The van der Waals surface area contributed by atoms with E-state index >= 15 is 8.78 Å². The standard InChI is InChI=1S/C42H37F23O2.H2S/c1-2-3-4-5-6-7-8-9-10-13-22-27-23-24-28(30(26-20-16-12-17-21-26)29(27)25-18-14-11-15-19-25)67-31(66)32(43,44)33(45,46)34(47,48)35(49,50)36(51,52)37(53,54)38(55,56)39(57,58)40(59,60)41(61,62)42(63,64)65;/h11-12,14-21,23-24H,2-10,13,22H2,1H3;1H2. The zero-order chi connectivity index (χ0) is 51.5. The highest BCUT2D eigenvalue weighted by Crippen LogP contribution is 2.67. The summed E-state index contributed by atoms with van der Waals surface area (Å²) in [6.45, 7) is 2.06. The van der Waals surface area contributed by atoms with E-state index < -0.39 is 82.7 Å². The molecule has 386 valence electrons. The molecule has 0 aliphatic carbocycles. The smallest absolute Gasteiger partial charge is 0.421 e. The minimum Gasteiger partial charge on any atom is -0.421 e. The average molecular weight is 1040 g/mol. The van der Waals surface area contributed by atoms with Gasteiger partial charge in [-0.1, -0.05) is 131 Å². The molecule has 0 saturated heterocycles. The van der Waals surface area contributed by atoms with Crippen LogP contribution < -0.4 is 4.74 Å². The first-order valence-corrected chi connectivity index (χ1v) is 19.8. The fourth-order valence-electron chi connectivity index (χ4n) is 6.60. The van der Waals surface area contributed by atoms with Crippen LogP contribution in [-0.4, -0.2) is 71.4 Å². The normalized spacial score (nSPS) is 14.2. The number of carbonyl (C=O) groups is 1. The first-order chi connectivity index (χ1) is 30.4. The second-order valence-corrected chi connectivity index (χ2v) is 15.3. The summed E-state index contributed by atoms with van der Waals surface area (Å²) in [5, 5.41) is 0. The van der Waals surface area contributed by atoms with Gasteiger partial charge < -0.3 is 4.74 Å². The van der Waals surface area contributed by atoms with Crippen molar-refractivity contribution < 1.29 is 111 Å². The number of ether oxygens (including phenoxy) is 1. The molecule has 0 aliphatic heterocycles. The first kappa shape index (κ1) is 60.0. The van der Waals surface area contributed by atoms with Crippen molar-refractivity contribution in [1.82, 2.24) is 0 Å². The molecule has 3 aromatic carbocycles. The van der Waals surface area contributed by atoms with Gasteiger partial charge in [0.25, 0.3) is 0 Å². The van der Waals surface area contributed by atoms with Gasteiger partial charge in [-0.15, -0.1) is 0 Å². The van der Waals surface area contributed by atoms with Crippen LogP contribution >= 0.6 is 13.5 Å². The molecule has 0 saturated carbocycles. The topological polar surface area (TPSA) is 26.3 Å². The Bertz CT molecular complexity index is 2110. The maximum atomic E-state index is 15.2. The Morgan fingerprint density at radius 1 is 0.397 bits per heavy atom. The lowest BCUT2D eigenvalue weighted by Crippen LogP contribution is -2.78. The van der Waals surface area contributed by atoms with Gasteiger partial charge in [0.2, 0.25) is 0 Å². The molecule has 0 unspecified atom stereocenters. The highest BCUT2D eigenvalue weighted by atomic mass is 32.1. The molecule has 68 heavy (non-hydrogen) atoms. The zero-order valence-corrected chi connectivity index (χ0v) is 35.7. The Morgan fingerprint density at radius 3 is 1.09 bits per heavy atom. The highest BCUT2D eigenvalue weighted by molar-refractivity contribution is 7.59. The molecule has 0 radical (unpaired) electrons. The van der Waals surface area contributed by atoms with Crippen molar-refractivity contribution in [2.24, 2.45) is 0 Å². The van der Waals surface area contributed by atoms with Crippen molar-refractivity contribution in [2.75, 3.05) is 0 Å². The van der Waals surface area contributed by atoms with E-state index in [2.05, 4.69) is 11.7 Å². The van der Waals surface area contributed by atoms with Crippen molar-refractivity contribution in [3.8, 4) is 28.0 Å². The number of alkyl halides is 23. The molecule has 0 aromatic heterocycles. The number of halogens is 23. The monoisotopic (exact) mass is 1040 g/mol. The number of rotatable bonds is 24. The van der Waals surface area contributed by atoms with E-state index in [4.69, 9.17) is 0 Å². The van der Waals surface area contributed by atoms with Crippen LogP contribution in [0.1, 0.15) is 76.7 Å². The quantitative estimate of drug-likeness (QED) is 0.0387. The molecular formula is C42H39F23O2S. The number of carbonyl (C=O) groups excluding carboxylic acids is 1. The van der Waals surface area contributed by atoms with Gasteiger partial charge in [0.15, 0.2) is 0 Å². The molecule has 3 aromatic rings. The van der Waals surface area contributed by atoms with Crippen LogP contribution in [-0.2, 0) is 11.2 Å². The zero-order valence-electron chi connectivity index (χ0n) is 34.7. The summed E-state index contributed by atoms with van der Waals surface area (Å²) in [5.41, 5.74) is -0.0476. The Balaban J connectivity index is 0.0000159. The summed E-state index contributed by atoms with van der Waals surface area (Å²) in [4.78, 5) is 12.7. The SMILES string of the molecule is CCCCCCCCCCCCc1ccc(OC(=O)C(F)(F)C(F)(F)C(F)(F)C(F)(F)C(F)(F)C(F)(F)C(F)(F)C(F)(F)C(F)(F)C(F)(F)C(F)(F)F)c(-c2ccccc2)c1-c1ccccc1.S. The summed E-state index contributed by atoms with van der Waals surface area (Å²) in [6.07, 6.45) is 0.933. The first-order valence-electron chi connectivity index (χ1n) is 19.8. The Hall–Kier alpha value is -4.13. The molecule has 3 rings (SSSR count). The largest absolute Gasteiger partial charge is 0.460 e. The lowest BCUT2D eigenvalue weighted by Gasteiger charge is -2.44. The lowest BCUT2D eigenvalue weighted by molar-refractivity contribution is -0.477. The number of esters is 1. The molecule has 2 nitrogen and oxygen atoms in total. The number of unbranched alkanes of at least 4 members (excludes halogenated alkanes) is 9. The second-order valence-electron chi connectivity index (χ2n) is 15.3. The van der Waals surface area contributed by atoms with Crippen molar-refractivity contribution in [2.45, 2.75) is 143 Å². The highest BCUT2D eigenvalue weighted by Gasteiger charge is 2.99. The predicted molar refractivity (Wildman–Crippen MR) is 204 cm³/mol. The van der Waals surface area contributed by atoms with E-state index in [1.807, 2.05) is 0 Å². The van der Waals surface area contributed by atoms with Gasteiger partial charge in [0, 0.05) is 5.56 Å². The number of aryl methyl sites for hydroxylation is 1. The van der Waals surface area contributed by atoms with E-state index in [0.717, 1.165) is 57.4 Å². The van der Waals surface area contributed by atoms with E-state index in [9.17, 15) is 97.0 Å². The molecule has 26 heteroatoms. The fourth-order valence-corrected chi connectivity index (χ4v) is 6.60. The summed E-state index contributed by atoms with van der Waals surface area (Å²) < 4.78 is 327. The van der Waals surface area contributed by atoms with E-state index in [1.165, 1.54) is 60.7 Å². The fraction of sp³-hybridized carbons (Fsp3) is 0.548. The third kappa shape index (κ3) is 10.3. The van der Waals surface area contributed by atoms with Crippen LogP contribution in [0.2, 0.25) is 0 Å². The number of hydrogen-bond acceptors (Lipinski definition) is 2. The van der Waals surface area contributed by atoms with Crippen LogP contribution in [0.25, 0.3) is 22.3 Å². The summed E-state index contributed by atoms with van der Waals surface area (Å²) in [7, 11) is 0. The van der Waals surface area contributed by atoms with Crippen LogP contribution in [0.5, 0.6) is 5.75 Å². The number of hydrogen-bond donors (Lipinski definition) is 0. The van der Waals surface area contributed by atoms with Crippen LogP contribution in [0.4, 0.5) is 101 Å². The van der Waals surface area contributed by atoms with Crippen molar-refractivity contribution in [1.29, 1.82) is 0 Å². The molecule has 0 N–H and O–H groups in total. The average Bonchev–Trinajstić information content (AvgIpc) is 3.23. The molecular weight excluding hydrogens is 1010 g/mol. The van der Waals surface area contributed by atoms with Gasteiger partial charge in [0.1, 0.15) is 5.75 Å². The van der Waals surface area contributed by atoms with Crippen molar-refractivity contribution in [3.05, 3.63) is 78.4 Å². The molecule has 0 spiro atoms. The Morgan fingerprint density at radius 2 is 0.721 bits per heavy atom. The van der Waals surface area contributed by atoms with Gasteiger partial charge in [-0.2, -0.15) is 114 Å². The van der Waals surface area contributed by atoms with Crippen LogP contribution in [0, 0.1) is 0 Å². The van der Waals surface area contributed by atoms with Gasteiger partial charge in [-0.25, -0.2) is 4.79 Å². The van der Waals surface area contributed by atoms with E-state index in [-0.39, 0.29) is 36.6 Å². The van der Waals surface area contributed by atoms with Gasteiger partial charge in [-0.3, -0.25) is 0 Å². The molecule has 0 aliphatic rings. The van der Waals surface area contributed by atoms with Gasteiger partial charge >= 0.3 is 71.4 Å². The Kier molecular flexibility index (Phi) is 18.6. The lowest BCUT2D eigenvalue weighted by atomic mass is 9.85. The third-order valence-corrected chi connectivity index (χ3v) is 10.5. The molecule has 0 heterocycles. The van der Waals surface area contributed by atoms with Gasteiger partial charge in [-0.05, 0) is 41.2 Å². The summed E-state index contributed by atoms with van der Waals surface area (Å²) in [6, 6.07) is 15.2. The second kappa shape index (κ2) is 21.1. The van der Waals surface area contributed by atoms with E-state index in [0.29, 0.717) is 24.5 Å². The summed E-state index contributed by atoms with van der Waals surface area (Å²) >= 11 is 0. The maximum Gasteiger partial charge on any atom is 0.460 e. The number of benzene rings is 3. The minimum atomic E-state index is -9.55.